The summed E-state index contributed by atoms with van der Waals surface area (Å²) in [5, 5.41) is 0. The Labute approximate surface area is 125 Å². The molecule has 0 atom stereocenters. The Bertz CT molecular complexity index is 466. The molecule has 2 rings (SSSR count). The molecule has 0 aliphatic heterocycles. The zero-order valence-corrected chi connectivity index (χ0v) is 13.4. The second-order valence-electron chi connectivity index (χ2n) is 6.05. The van der Waals surface area contributed by atoms with Gasteiger partial charge in [-0.05, 0) is 50.3 Å². The number of nitrogens with zero attached hydrogens (tertiary/aromatic N) is 1. The van der Waals surface area contributed by atoms with Crippen molar-refractivity contribution >= 4 is 17.2 Å². The van der Waals surface area contributed by atoms with Crippen LogP contribution in [0, 0.1) is 12.8 Å². The first-order valence-corrected chi connectivity index (χ1v) is 8.17. The zero-order valence-electron chi connectivity index (χ0n) is 12.6. The van der Waals surface area contributed by atoms with Gasteiger partial charge in [0.15, 0.2) is 0 Å². The highest BCUT2D eigenvalue weighted by Crippen LogP contribution is 2.31. The van der Waals surface area contributed by atoms with Gasteiger partial charge >= 0.3 is 0 Å². The molecule has 1 fully saturated rings. The van der Waals surface area contributed by atoms with Crippen LogP contribution in [0.2, 0.25) is 0 Å². The van der Waals surface area contributed by atoms with Crippen LogP contribution in [-0.4, -0.2) is 23.4 Å². The second-order valence-corrected chi connectivity index (χ2v) is 7.31. The third kappa shape index (κ3) is 4.04. The van der Waals surface area contributed by atoms with Crippen LogP contribution in [0.15, 0.2) is 6.07 Å². The number of nitrogens with one attached hydrogen (secondary N) is 1. The molecular formula is C15H25N3OS. The lowest BCUT2D eigenvalue weighted by Crippen LogP contribution is -2.29. The summed E-state index contributed by atoms with van der Waals surface area (Å²) < 4.78 is 0. The van der Waals surface area contributed by atoms with E-state index < -0.39 is 0 Å². The second kappa shape index (κ2) is 6.70. The maximum Gasteiger partial charge on any atom is 0.275 e. The van der Waals surface area contributed by atoms with Crippen molar-refractivity contribution in [2.45, 2.75) is 52.6 Å². The van der Waals surface area contributed by atoms with E-state index in [0.717, 1.165) is 25.0 Å². The third-order valence-corrected chi connectivity index (χ3v) is 4.90. The highest BCUT2D eigenvalue weighted by molar-refractivity contribution is 7.14. The molecule has 0 radical (unpaired) electrons. The van der Waals surface area contributed by atoms with Crippen molar-refractivity contribution in [1.82, 2.24) is 10.3 Å². The number of hydrogen-bond acceptors (Lipinski definition) is 4. The Balaban J connectivity index is 2.02. The minimum atomic E-state index is -0.190. The van der Waals surface area contributed by atoms with Gasteiger partial charge in [-0.15, -0.1) is 11.3 Å². The highest BCUT2D eigenvalue weighted by Gasteiger charge is 2.29. The van der Waals surface area contributed by atoms with Gasteiger partial charge < -0.3 is 0 Å². The molecule has 0 unspecified atom stereocenters. The van der Waals surface area contributed by atoms with Gasteiger partial charge in [0.05, 0.1) is 4.88 Å². The van der Waals surface area contributed by atoms with E-state index in [1.807, 2.05) is 6.07 Å². The standard InChI is InChI=1S/C15H25N3OS/c1-10(2)6-7-18(13-4-5-13)9-12-8-14(15(19)17-16)20-11(12)3/h8,10,13H,4-7,9,16H2,1-3H3,(H,17,19). The molecule has 1 aliphatic carbocycles. The van der Waals surface area contributed by atoms with Gasteiger partial charge in [-0.3, -0.25) is 15.1 Å². The van der Waals surface area contributed by atoms with Gasteiger partial charge in [-0.25, -0.2) is 5.84 Å². The fraction of sp³-hybridized carbons (Fsp3) is 0.667. The average molecular weight is 295 g/mol. The maximum atomic E-state index is 11.6. The van der Waals surface area contributed by atoms with E-state index in [1.54, 1.807) is 0 Å². The van der Waals surface area contributed by atoms with Crippen LogP contribution in [0.25, 0.3) is 0 Å². The summed E-state index contributed by atoms with van der Waals surface area (Å²) in [5.74, 6) is 5.74. The van der Waals surface area contributed by atoms with Crippen molar-refractivity contribution in [1.29, 1.82) is 0 Å². The number of amides is 1. The van der Waals surface area contributed by atoms with E-state index in [-0.39, 0.29) is 5.91 Å². The van der Waals surface area contributed by atoms with Gasteiger partial charge in [-0.1, -0.05) is 13.8 Å². The number of thiophene rings is 1. The Kier molecular flexibility index (Phi) is 5.18. The lowest BCUT2D eigenvalue weighted by molar-refractivity contribution is 0.0957. The molecule has 3 N–H and O–H groups in total. The van der Waals surface area contributed by atoms with Crippen LogP contribution in [0.1, 0.15) is 53.2 Å². The third-order valence-electron chi connectivity index (χ3n) is 3.81. The molecule has 1 amide bonds. The van der Waals surface area contributed by atoms with Gasteiger partial charge in [-0.2, -0.15) is 0 Å². The molecule has 1 saturated carbocycles. The number of carbonyl (C=O) groups excluding carboxylic acids is 1. The monoisotopic (exact) mass is 295 g/mol. The maximum absolute atomic E-state index is 11.6. The van der Waals surface area contributed by atoms with E-state index in [2.05, 4.69) is 31.1 Å². The Morgan fingerprint density at radius 3 is 2.80 bits per heavy atom. The number of nitrogen functional groups attached to an aromatic ring is 1. The fourth-order valence-corrected chi connectivity index (χ4v) is 3.27. The largest absolute Gasteiger partial charge is 0.296 e. The lowest BCUT2D eigenvalue weighted by atomic mass is 10.1. The molecular weight excluding hydrogens is 270 g/mol. The minimum Gasteiger partial charge on any atom is -0.296 e. The number of hydrazine groups is 1. The SMILES string of the molecule is Cc1sc(C(=O)NN)cc1CN(CCC(C)C)C1CC1. The summed E-state index contributed by atoms with van der Waals surface area (Å²) in [5.41, 5.74) is 3.48. The number of rotatable bonds is 7. The molecule has 1 aromatic rings. The quantitative estimate of drug-likeness (QED) is 0.462. The molecule has 1 aromatic heterocycles. The summed E-state index contributed by atoms with van der Waals surface area (Å²) in [7, 11) is 0. The van der Waals surface area contributed by atoms with Crippen molar-refractivity contribution < 1.29 is 4.79 Å². The summed E-state index contributed by atoms with van der Waals surface area (Å²) in [6, 6.07) is 2.74. The predicted molar refractivity (Wildman–Crippen MR) is 83.6 cm³/mol. The zero-order chi connectivity index (χ0) is 14.7. The first-order valence-electron chi connectivity index (χ1n) is 7.35. The van der Waals surface area contributed by atoms with Crippen LogP contribution in [0.5, 0.6) is 0 Å². The van der Waals surface area contributed by atoms with E-state index in [9.17, 15) is 4.79 Å². The van der Waals surface area contributed by atoms with E-state index >= 15 is 0 Å². The summed E-state index contributed by atoms with van der Waals surface area (Å²) >= 11 is 1.53. The molecule has 0 aromatic carbocycles. The molecule has 1 heterocycles. The van der Waals surface area contributed by atoms with Crippen LogP contribution < -0.4 is 11.3 Å². The fourth-order valence-electron chi connectivity index (χ4n) is 2.33. The van der Waals surface area contributed by atoms with Crippen LogP contribution in [0.3, 0.4) is 0 Å². The van der Waals surface area contributed by atoms with Gasteiger partial charge in [0.1, 0.15) is 0 Å². The number of carbonyl (C=O) groups is 1. The lowest BCUT2D eigenvalue weighted by Gasteiger charge is -2.22. The van der Waals surface area contributed by atoms with Crippen molar-refractivity contribution in [3.05, 3.63) is 21.4 Å². The topological polar surface area (TPSA) is 58.4 Å². The Morgan fingerprint density at radius 1 is 1.55 bits per heavy atom. The van der Waals surface area contributed by atoms with Crippen molar-refractivity contribution in [2.75, 3.05) is 6.54 Å². The summed E-state index contributed by atoms with van der Waals surface area (Å²) in [6.07, 6.45) is 3.87. The van der Waals surface area contributed by atoms with E-state index in [1.165, 1.54) is 41.0 Å². The van der Waals surface area contributed by atoms with Gasteiger partial charge in [0, 0.05) is 17.5 Å². The number of nitrogens with two attached hydrogens (primary N) is 1. The number of hydrogen-bond donors (Lipinski definition) is 2. The van der Waals surface area contributed by atoms with Crippen LogP contribution in [0.4, 0.5) is 0 Å². The van der Waals surface area contributed by atoms with Crippen LogP contribution in [-0.2, 0) is 6.54 Å². The van der Waals surface area contributed by atoms with Crippen molar-refractivity contribution in [3.8, 4) is 0 Å². The van der Waals surface area contributed by atoms with E-state index in [0.29, 0.717) is 4.88 Å². The van der Waals surface area contributed by atoms with Crippen molar-refractivity contribution in [2.24, 2.45) is 11.8 Å². The molecule has 112 valence electrons. The first kappa shape index (κ1) is 15.5. The number of aryl methyl sites for hydroxylation is 1. The van der Waals surface area contributed by atoms with Gasteiger partial charge in [0.25, 0.3) is 5.91 Å². The Morgan fingerprint density at radius 2 is 2.25 bits per heavy atom. The highest BCUT2D eigenvalue weighted by atomic mass is 32.1. The van der Waals surface area contributed by atoms with Crippen molar-refractivity contribution in [3.63, 3.8) is 0 Å². The molecule has 0 bridgehead atoms. The van der Waals surface area contributed by atoms with Crippen LogP contribution >= 0.6 is 11.3 Å². The normalized spacial score (nSPS) is 15.1. The predicted octanol–water partition coefficient (Wildman–Crippen LogP) is 2.67. The molecule has 1 aliphatic rings. The minimum absolute atomic E-state index is 0.190. The van der Waals surface area contributed by atoms with E-state index in [4.69, 9.17) is 5.84 Å². The molecule has 4 nitrogen and oxygen atoms in total. The molecule has 20 heavy (non-hydrogen) atoms. The first-order chi connectivity index (χ1) is 9.51. The molecule has 5 heteroatoms. The van der Waals surface area contributed by atoms with Gasteiger partial charge in [0.2, 0.25) is 0 Å². The average Bonchev–Trinajstić information content (AvgIpc) is 3.18. The summed E-state index contributed by atoms with van der Waals surface area (Å²) in [4.78, 5) is 16.1. The Hall–Kier alpha value is -0.910. The molecule has 0 spiro atoms. The smallest absolute Gasteiger partial charge is 0.275 e. The molecule has 0 saturated heterocycles. The summed E-state index contributed by atoms with van der Waals surface area (Å²) in [6.45, 7) is 8.73.